The first kappa shape index (κ1) is 13.2. The van der Waals surface area contributed by atoms with Crippen LogP contribution < -0.4 is 0 Å². The van der Waals surface area contributed by atoms with E-state index >= 15 is 0 Å². The molecule has 2 aromatic heterocycles. The van der Waals surface area contributed by atoms with E-state index in [1.165, 1.54) is 23.5 Å². The zero-order valence-corrected chi connectivity index (χ0v) is 12.0. The van der Waals surface area contributed by atoms with Gasteiger partial charge in [-0.3, -0.25) is 4.98 Å². The molecule has 3 rings (SSSR count). The largest absolute Gasteiger partial charge is 0.254 e. The monoisotopic (exact) mass is 304 g/mol. The Morgan fingerprint density at radius 2 is 1.90 bits per heavy atom. The molecule has 0 saturated carbocycles. The molecule has 5 heteroatoms. The van der Waals surface area contributed by atoms with E-state index in [1.807, 2.05) is 18.2 Å². The van der Waals surface area contributed by atoms with Crippen LogP contribution in [0.1, 0.15) is 4.88 Å². The van der Waals surface area contributed by atoms with Gasteiger partial charge in [-0.05, 0) is 36.4 Å². The molecule has 2 heterocycles. The van der Waals surface area contributed by atoms with E-state index in [0.717, 1.165) is 26.8 Å². The first-order chi connectivity index (χ1) is 9.78. The van der Waals surface area contributed by atoms with E-state index in [4.69, 9.17) is 11.6 Å². The first-order valence-corrected chi connectivity index (χ1v) is 7.36. The lowest BCUT2D eigenvalue weighted by Crippen LogP contribution is -1.84. The van der Waals surface area contributed by atoms with Crippen LogP contribution in [0.25, 0.3) is 22.0 Å². The van der Waals surface area contributed by atoms with Crippen molar-refractivity contribution in [3.63, 3.8) is 0 Å². The maximum atomic E-state index is 13.0. The Labute approximate surface area is 124 Å². The molecule has 0 bridgehead atoms. The van der Waals surface area contributed by atoms with Crippen molar-refractivity contribution in [3.8, 4) is 22.0 Å². The molecule has 2 nitrogen and oxygen atoms in total. The SMILES string of the molecule is Fc1ccc(-c2nc(-c3ccccn3)sc2CCl)cc1. The smallest absolute Gasteiger partial charge is 0.142 e. The maximum Gasteiger partial charge on any atom is 0.142 e. The average molecular weight is 305 g/mol. The minimum Gasteiger partial charge on any atom is -0.254 e. The molecular weight excluding hydrogens is 295 g/mol. The number of rotatable bonds is 3. The number of hydrogen-bond acceptors (Lipinski definition) is 3. The number of alkyl halides is 1. The van der Waals surface area contributed by atoms with Crippen LogP contribution in [0.15, 0.2) is 48.7 Å². The van der Waals surface area contributed by atoms with E-state index in [9.17, 15) is 4.39 Å². The van der Waals surface area contributed by atoms with Crippen molar-refractivity contribution >= 4 is 22.9 Å². The number of pyridine rings is 1. The van der Waals surface area contributed by atoms with Gasteiger partial charge in [-0.2, -0.15) is 0 Å². The Bertz CT molecular complexity index is 710. The molecule has 0 fully saturated rings. The molecule has 0 aliphatic rings. The van der Waals surface area contributed by atoms with E-state index in [0.29, 0.717) is 5.88 Å². The molecule has 3 aromatic rings. The second kappa shape index (κ2) is 5.69. The normalized spacial score (nSPS) is 10.7. The molecule has 100 valence electrons. The third kappa shape index (κ3) is 2.57. The predicted molar refractivity (Wildman–Crippen MR) is 80.3 cm³/mol. The molecule has 1 aromatic carbocycles. The topological polar surface area (TPSA) is 25.8 Å². The molecule has 0 aliphatic heterocycles. The minimum absolute atomic E-state index is 0.263. The molecule has 0 saturated heterocycles. The number of aromatic nitrogens is 2. The molecule has 20 heavy (non-hydrogen) atoms. The number of thiazole rings is 1. The van der Waals surface area contributed by atoms with Gasteiger partial charge >= 0.3 is 0 Å². The highest BCUT2D eigenvalue weighted by atomic mass is 35.5. The highest BCUT2D eigenvalue weighted by Crippen LogP contribution is 2.34. The van der Waals surface area contributed by atoms with Crippen molar-refractivity contribution in [1.82, 2.24) is 9.97 Å². The first-order valence-electron chi connectivity index (χ1n) is 6.01. The summed E-state index contributed by atoms with van der Waals surface area (Å²) >= 11 is 7.50. The maximum absolute atomic E-state index is 13.0. The fraction of sp³-hybridized carbons (Fsp3) is 0.0667. The van der Waals surface area contributed by atoms with Crippen LogP contribution in [0.4, 0.5) is 4.39 Å². The van der Waals surface area contributed by atoms with Crippen LogP contribution in [0, 0.1) is 5.82 Å². The minimum atomic E-state index is -0.263. The summed E-state index contributed by atoms with van der Waals surface area (Å²) in [6, 6.07) is 12.0. The zero-order valence-electron chi connectivity index (χ0n) is 10.4. The Balaban J connectivity index is 2.07. The molecular formula is C15H10ClFN2S. The van der Waals surface area contributed by atoms with Crippen molar-refractivity contribution in [2.24, 2.45) is 0 Å². The molecule has 0 atom stereocenters. The standard InChI is InChI=1S/C15H10ClFN2S/c16-9-13-14(10-4-6-11(17)7-5-10)19-15(20-13)12-3-1-2-8-18-12/h1-8H,9H2. The van der Waals surface area contributed by atoms with Gasteiger partial charge in [-0.15, -0.1) is 22.9 Å². The molecule has 0 radical (unpaired) electrons. The van der Waals surface area contributed by atoms with Crippen LogP contribution in [0.2, 0.25) is 0 Å². The predicted octanol–water partition coefficient (Wildman–Crippen LogP) is 4.75. The quantitative estimate of drug-likeness (QED) is 0.653. The van der Waals surface area contributed by atoms with Gasteiger partial charge in [-0.25, -0.2) is 9.37 Å². The zero-order chi connectivity index (χ0) is 13.9. The summed E-state index contributed by atoms with van der Waals surface area (Å²) in [6.07, 6.45) is 1.73. The summed E-state index contributed by atoms with van der Waals surface area (Å²) in [5.74, 6) is 0.110. The van der Waals surface area contributed by atoms with Gasteiger partial charge in [0, 0.05) is 16.6 Å². The number of nitrogens with zero attached hydrogens (tertiary/aromatic N) is 2. The summed E-state index contributed by atoms with van der Waals surface area (Å²) < 4.78 is 13.0. The third-order valence-electron chi connectivity index (χ3n) is 2.82. The lowest BCUT2D eigenvalue weighted by molar-refractivity contribution is 0.628. The summed E-state index contributed by atoms with van der Waals surface area (Å²) in [6.45, 7) is 0. The van der Waals surface area contributed by atoms with Gasteiger partial charge in [0.05, 0.1) is 17.3 Å². The van der Waals surface area contributed by atoms with E-state index in [1.54, 1.807) is 18.3 Å². The van der Waals surface area contributed by atoms with Crippen LogP contribution in [0.3, 0.4) is 0 Å². The van der Waals surface area contributed by atoms with Gasteiger partial charge in [0.15, 0.2) is 0 Å². The summed E-state index contributed by atoms with van der Waals surface area (Å²) in [7, 11) is 0. The van der Waals surface area contributed by atoms with Crippen molar-refractivity contribution in [1.29, 1.82) is 0 Å². The van der Waals surface area contributed by atoms with Crippen LogP contribution in [-0.2, 0) is 5.88 Å². The molecule has 0 N–H and O–H groups in total. The van der Waals surface area contributed by atoms with Crippen LogP contribution in [0.5, 0.6) is 0 Å². The number of benzene rings is 1. The lowest BCUT2D eigenvalue weighted by atomic mass is 10.1. The summed E-state index contributed by atoms with van der Waals surface area (Å²) in [5, 5.41) is 0.820. The van der Waals surface area contributed by atoms with Crippen molar-refractivity contribution < 1.29 is 4.39 Å². The van der Waals surface area contributed by atoms with Gasteiger partial charge in [0.25, 0.3) is 0 Å². The Morgan fingerprint density at radius 3 is 2.55 bits per heavy atom. The van der Waals surface area contributed by atoms with Crippen molar-refractivity contribution in [2.75, 3.05) is 0 Å². The second-order valence-electron chi connectivity index (χ2n) is 4.15. The van der Waals surface area contributed by atoms with Gasteiger partial charge < -0.3 is 0 Å². The highest BCUT2D eigenvalue weighted by Gasteiger charge is 2.14. The number of halogens is 2. The molecule has 0 amide bonds. The van der Waals surface area contributed by atoms with E-state index < -0.39 is 0 Å². The second-order valence-corrected chi connectivity index (χ2v) is 5.50. The molecule has 0 spiro atoms. The summed E-state index contributed by atoms with van der Waals surface area (Å²) in [4.78, 5) is 9.85. The lowest BCUT2D eigenvalue weighted by Gasteiger charge is -1.99. The Kier molecular flexibility index (Phi) is 3.76. The van der Waals surface area contributed by atoms with Crippen LogP contribution in [-0.4, -0.2) is 9.97 Å². The van der Waals surface area contributed by atoms with Gasteiger partial charge in [0.1, 0.15) is 10.8 Å². The molecule has 0 unspecified atom stereocenters. The molecule has 0 aliphatic carbocycles. The summed E-state index contributed by atoms with van der Waals surface area (Å²) in [5.41, 5.74) is 2.48. The van der Waals surface area contributed by atoms with Gasteiger partial charge in [-0.1, -0.05) is 6.07 Å². The Hall–Kier alpha value is -1.78. The Morgan fingerprint density at radius 1 is 1.10 bits per heavy atom. The van der Waals surface area contributed by atoms with E-state index in [2.05, 4.69) is 9.97 Å². The average Bonchev–Trinajstić information content (AvgIpc) is 2.93. The van der Waals surface area contributed by atoms with Crippen molar-refractivity contribution in [2.45, 2.75) is 5.88 Å². The number of hydrogen-bond donors (Lipinski definition) is 0. The van der Waals surface area contributed by atoms with E-state index in [-0.39, 0.29) is 5.82 Å². The fourth-order valence-electron chi connectivity index (χ4n) is 1.87. The fourth-order valence-corrected chi connectivity index (χ4v) is 3.08. The third-order valence-corrected chi connectivity index (χ3v) is 4.32. The van der Waals surface area contributed by atoms with Crippen molar-refractivity contribution in [3.05, 3.63) is 59.4 Å². The van der Waals surface area contributed by atoms with Gasteiger partial charge in [0.2, 0.25) is 0 Å². The highest BCUT2D eigenvalue weighted by molar-refractivity contribution is 7.15. The van der Waals surface area contributed by atoms with Crippen LogP contribution >= 0.6 is 22.9 Å².